The minimum Gasteiger partial charge on any atom is -0.301 e. The Kier molecular flexibility index (Phi) is 4.95. The molecule has 0 bridgehead atoms. The molecular weight excluding hydrogens is 384 g/mol. The molecule has 0 saturated heterocycles. The third-order valence-electron chi connectivity index (χ3n) is 6.70. The molecule has 0 saturated carbocycles. The van der Waals surface area contributed by atoms with Crippen LogP contribution in [0.15, 0.2) is 78.9 Å². The summed E-state index contributed by atoms with van der Waals surface area (Å²) >= 11 is 0. The van der Waals surface area contributed by atoms with E-state index in [1.54, 1.807) is 12.1 Å². The summed E-state index contributed by atoms with van der Waals surface area (Å²) in [6, 6.07) is 26.4. The van der Waals surface area contributed by atoms with Crippen LogP contribution in [0.5, 0.6) is 0 Å². The predicted molar refractivity (Wildman–Crippen MR) is 121 cm³/mol. The van der Waals surface area contributed by atoms with Crippen molar-refractivity contribution in [2.24, 2.45) is 0 Å². The van der Waals surface area contributed by atoms with Gasteiger partial charge in [0, 0.05) is 25.0 Å². The maximum Gasteiger partial charge on any atom is 0.261 e. The van der Waals surface area contributed by atoms with Gasteiger partial charge in [0.1, 0.15) is 0 Å². The average molecular weight is 411 g/mol. The number of imide groups is 1. The first-order valence-corrected chi connectivity index (χ1v) is 10.9. The Morgan fingerprint density at radius 2 is 1.42 bits per heavy atom. The molecule has 2 aliphatic rings. The van der Waals surface area contributed by atoms with Gasteiger partial charge in [-0.2, -0.15) is 0 Å². The fraction of sp³-hybridized carbons (Fsp3) is 0.259. The van der Waals surface area contributed by atoms with Crippen molar-refractivity contribution in [2.45, 2.75) is 24.8 Å². The zero-order valence-corrected chi connectivity index (χ0v) is 17.8. The SMILES string of the molecule is CN1Cc2ccccc2C(CCCN2C(=O)c3ccccc3C2=O)(c2ccccc2)C1. The Labute approximate surface area is 183 Å². The molecule has 156 valence electrons. The Balaban J connectivity index is 1.44. The molecule has 0 spiro atoms. The topological polar surface area (TPSA) is 40.6 Å². The molecule has 1 unspecified atom stereocenters. The highest BCUT2D eigenvalue weighted by molar-refractivity contribution is 6.21. The van der Waals surface area contributed by atoms with Gasteiger partial charge in [-0.1, -0.05) is 66.7 Å². The Hall–Kier alpha value is -3.24. The molecule has 31 heavy (non-hydrogen) atoms. The van der Waals surface area contributed by atoms with Gasteiger partial charge < -0.3 is 4.90 Å². The Bertz CT molecular complexity index is 1110. The van der Waals surface area contributed by atoms with Gasteiger partial charge in [0.25, 0.3) is 11.8 Å². The second-order valence-electron chi connectivity index (χ2n) is 8.69. The van der Waals surface area contributed by atoms with E-state index in [9.17, 15) is 9.59 Å². The molecule has 4 nitrogen and oxygen atoms in total. The number of likely N-dealkylation sites (N-methyl/N-ethyl adjacent to an activating group) is 1. The summed E-state index contributed by atoms with van der Waals surface area (Å²) in [5.74, 6) is -0.342. The predicted octanol–water partition coefficient (Wildman–Crippen LogP) is 4.49. The van der Waals surface area contributed by atoms with Crippen LogP contribution in [-0.2, 0) is 12.0 Å². The molecular formula is C27H26N2O2. The van der Waals surface area contributed by atoms with Crippen molar-refractivity contribution in [3.8, 4) is 0 Å². The van der Waals surface area contributed by atoms with Gasteiger partial charge in [0.15, 0.2) is 0 Å². The van der Waals surface area contributed by atoms with Crippen LogP contribution in [0.4, 0.5) is 0 Å². The summed E-state index contributed by atoms with van der Waals surface area (Å²) in [4.78, 5) is 29.4. The van der Waals surface area contributed by atoms with E-state index in [1.807, 2.05) is 12.1 Å². The van der Waals surface area contributed by atoms with Crippen molar-refractivity contribution in [3.05, 3.63) is 107 Å². The fourth-order valence-corrected chi connectivity index (χ4v) is 5.36. The van der Waals surface area contributed by atoms with Crippen molar-refractivity contribution >= 4 is 11.8 Å². The highest BCUT2D eigenvalue weighted by Crippen LogP contribution is 2.42. The van der Waals surface area contributed by atoms with Gasteiger partial charge in [-0.05, 0) is 48.7 Å². The number of carbonyl (C=O) groups excluding carboxylic acids is 2. The maximum absolute atomic E-state index is 12.8. The summed E-state index contributed by atoms with van der Waals surface area (Å²) in [6.45, 7) is 2.28. The number of benzene rings is 3. The van der Waals surface area contributed by atoms with Gasteiger partial charge in [0.2, 0.25) is 0 Å². The Morgan fingerprint density at radius 1 is 0.806 bits per heavy atom. The van der Waals surface area contributed by atoms with Crippen LogP contribution in [0.2, 0.25) is 0 Å². The quantitative estimate of drug-likeness (QED) is 0.582. The molecule has 2 heterocycles. The Morgan fingerprint density at radius 3 is 2.13 bits per heavy atom. The molecule has 0 radical (unpaired) electrons. The maximum atomic E-state index is 12.8. The molecule has 2 amide bonds. The second-order valence-corrected chi connectivity index (χ2v) is 8.69. The number of hydrogen-bond acceptors (Lipinski definition) is 3. The fourth-order valence-electron chi connectivity index (χ4n) is 5.36. The minimum absolute atomic E-state index is 0.163. The van der Waals surface area contributed by atoms with E-state index in [0.29, 0.717) is 17.7 Å². The standard InChI is InChI=1S/C27H26N2O2/c1-28-18-20-10-5-8-15-24(20)27(19-28,21-11-3-2-4-12-21)16-9-17-29-25(30)22-13-6-7-14-23(22)26(29)31/h2-8,10-15H,9,16-19H2,1H3. The number of rotatable bonds is 5. The lowest BCUT2D eigenvalue weighted by Crippen LogP contribution is -2.45. The smallest absolute Gasteiger partial charge is 0.261 e. The molecule has 1 atom stereocenters. The summed E-state index contributed by atoms with van der Waals surface area (Å²) in [5, 5.41) is 0. The van der Waals surface area contributed by atoms with Crippen LogP contribution in [0.25, 0.3) is 0 Å². The third-order valence-corrected chi connectivity index (χ3v) is 6.70. The summed E-state index contributed by atoms with van der Waals surface area (Å²) in [5.41, 5.74) is 4.88. The van der Waals surface area contributed by atoms with Crippen molar-refractivity contribution in [1.82, 2.24) is 9.80 Å². The van der Waals surface area contributed by atoms with Crippen molar-refractivity contribution < 1.29 is 9.59 Å². The summed E-state index contributed by atoms with van der Waals surface area (Å²) in [7, 11) is 2.16. The number of fused-ring (bicyclic) bond motifs is 2. The van der Waals surface area contributed by atoms with Gasteiger partial charge >= 0.3 is 0 Å². The molecule has 5 rings (SSSR count). The van der Waals surface area contributed by atoms with Crippen LogP contribution in [0, 0.1) is 0 Å². The lowest BCUT2D eigenvalue weighted by atomic mass is 9.67. The normalized spacial score (nSPS) is 20.6. The number of carbonyl (C=O) groups is 2. The molecule has 0 aliphatic carbocycles. The highest BCUT2D eigenvalue weighted by atomic mass is 16.2. The second kappa shape index (κ2) is 7.78. The molecule has 3 aromatic carbocycles. The molecule has 4 heteroatoms. The van der Waals surface area contributed by atoms with Crippen molar-refractivity contribution in [1.29, 1.82) is 0 Å². The van der Waals surface area contributed by atoms with Crippen LogP contribution >= 0.6 is 0 Å². The van der Waals surface area contributed by atoms with Crippen molar-refractivity contribution in [2.75, 3.05) is 20.1 Å². The van der Waals surface area contributed by atoms with E-state index in [4.69, 9.17) is 0 Å². The van der Waals surface area contributed by atoms with Gasteiger partial charge in [-0.15, -0.1) is 0 Å². The largest absolute Gasteiger partial charge is 0.301 e. The van der Waals surface area contributed by atoms with E-state index in [2.05, 4.69) is 66.5 Å². The molecule has 2 aliphatic heterocycles. The van der Waals surface area contributed by atoms with E-state index in [1.165, 1.54) is 21.6 Å². The summed E-state index contributed by atoms with van der Waals surface area (Å²) < 4.78 is 0. The third kappa shape index (κ3) is 3.28. The van der Waals surface area contributed by atoms with E-state index >= 15 is 0 Å². The number of hydrogen-bond donors (Lipinski definition) is 0. The van der Waals surface area contributed by atoms with E-state index in [-0.39, 0.29) is 17.2 Å². The lowest BCUT2D eigenvalue weighted by Gasteiger charge is -2.44. The lowest BCUT2D eigenvalue weighted by molar-refractivity contribution is 0.0647. The number of amides is 2. The first-order valence-electron chi connectivity index (χ1n) is 10.9. The monoisotopic (exact) mass is 410 g/mol. The zero-order chi connectivity index (χ0) is 21.4. The summed E-state index contributed by atoms with van der Waals surface area (Å²) in [6.07, 6.45) is 1.62. The van der Waals surface area contributed by atoms with Crippen LogP contribution in [0.3, 0.4) is 0 Å². The first-order chi connectivity index (χ1) is 15.1. The number of nitrogens with zero attached hydrogens (tertiary/aromatic N) is 2. The zero-order valence-electron chi connectivity index (χ0n) is 17.8. The van der Waals surface area contributed by atoms with Crippen LogP contribution in [0.1, 0.15) is 50.2 Å². The molecule has 3 aromatic rings. The van der Waals surface area contributed by atoms with Crippen LogP contribution < -0.4 is 0 Å². The van der Waals surface area contributed by atoms with E-state index in [0.717, 1.165) is 25.9 Å². The molecule has 0 N–H and O–H groups in total. The van der Waals surface area contributed by atoms with Crippen molar-refractivity contribution in [3.63, 3.8) is 0 Å². The van der Waals surface area contributed by atoms with Gasteiger partial charge in [-0.3, -0.25) is 14.5 Å². The van der Waals surface area contributed by atoms with Gasteiger partial charge in [0.05, 0.1) is 11.1 Å². The van der Waals surface area contributed by atoms with E-state index < -0.39 is 0 Å². The molecule has 0 aromatic heterocycles. The van der Waals surface area contributed by atoms with Crippen LogP contribution in [-0.4, -0.2) is 41.8 Å². The minimum atomic E-state index is -0.171. The average Bonchev–Trinajstić information content (AvgIpc) is 3.04. The first kappa shape index (κ1) is 19.7. The molecule has 0 fully saturated rings. The highest BCUT2D eigenvalue weighted by Gasteiger charge is 2.41. The van der Waals surface area contributed by atoms with Gasteiger partial charge in [-0.25, -0.2) is 0 Å².